The molecule has 0 unspecified atom stereocenters. The van der Waals surface area contributed by atoms with Crippen LogP contribution in [0.1, 0.15) is 12.2 Å². The molecule has 1 N–H and O–H groups in total. The number of hydrogen-bond acceptors (Lipinski definition) is 4. The number of rotatable bonds is 5. The predicted octanol–water partition coefficient (Wildman–Crippen LogP) is 2.75. The van der Waals surface area contributed by atoms with E-state index in [9.17, 15) is 9.59 Å². The number of benzene rings is 2. The number of amides is 1. The molecule has 0 aliphatic rings. The number of carbonyl (C=O) groups excluding carboxylic acids is 1. The van der Waals surface area contributed by atoms with Crippen molar-refractivity contribution < 1.29 is 4.79 Å². The van der Waals surface area contributed by atoms with Crippen molar-refractivity contribution in [3.8, 4) is 0 Å². The number of carbonyl (C=O) groups is 1. The zero-order valence-electron chi connectivity index (χ0n) is 15.2. The third-order valence-corrected chi connectivity index (χ3v) is 5.18. The fourth-order valence-corrected chi connectivity index (χ4v) is 3.49. The highest BCUT2D eigenvalue weighted by Gasteiger charge is 2.10. The Balaban J connectivity index is 1.42. The highest BCUT2D eigenvalue weighted by molar-refractivity contribution is 9.10. The summed E-state index contributed by atoms with van der Waals surface area (Å²) < 4.78 is 4.24. The zero-order chi connectivity index (χ0) is 19.7. The second-order valence-corrected chi connectivity index (χ2v) is 7.42. The highest BCUT2D eigenvalue weighted by Crippen LogP contribution is 2.15. The largest absolute Gasteiger partial charge is 0.349 e. The van der Waals surface area contributed by atoms with Gasteiger partial charge in [0.1, 0.15) is 5.82 Å². The van der Waals surface area contributed by atoms with Gasteiger partial charge in [0.15, 0.2) is 0 Å². The molecule has 0 bridgehead atoms. The van der Waals surface area contributed by atoms with E-state index >= 15 is 0 Å². The number of hydrogen-bond donors (Lipinski definition) is 1. The van der Waals surface area contributed by atoms with Gasteiger partial charge in [0.05, 0.1) is 34.8 Å². The Labute approximate surface area is 169 Å². The van der Waals surface area contributed by atoms with E-state index in [0.29, 0.717) is 17.4 Å². The van der Waals surface area contributed by atoms with Crippen molar-refractivity contribution in [3.05, 3.63) is 69.4 Å². The summed E-state index contributed by atoms with van der Waals surface area (Å²) in [7, 11) is 1.93. The van der Waals surface area contributed by atoms with Gasteiger partial charge in [-0.25, -0.2) is 9.97 Å². The predicted molar refractivity (Wildman–Crippen MR) is 111 cm³/mol. The van der Waals surface area contributed by atoms with E-state index < -0.39 is 0 Å². The smallest absolute Gasteiger partial charge is 0.261 e. The topological polar surface area (TPSA) is 81.8 Å². The van der Waals surface area contributed by atoms with Crippen molar-refractivity contribution in [2.75, 3.05) is 0 Å². The lowest BCUT2D eigenvalue weighted by Gasteiger charge is -2.08. The van der Waals surface area contributed by atoms with E-state index in [-0.39, 0.29) is 24.4 Å². The van der Waals surface area contributed by atoms with E-state index in [2.05, 4.69) is 31.2 Å². The van der Waals surface area contributed by atoms with Crippen LogP contribution in [0.15, 0.2) is 58.1 Å². The molecule has 2 aromatic heterocycles. The molecule has 0 saturated carbocycles. The molecule has 2 aromatic carbocycles. The molecule has 142 valence electrons. The normalized spacial score (nSPS) is 11.2. The number of fused-ring (bicyclic) bond motifs is 2. The number of aryl methyl sites for hydroxylation is 2. The molecular formula is C20H18BrN5O2. The number of nitrogens with zero attached hydrogens (tertiary/aromatic N) is 4. The molecule has 0 saturated heterocycles. The van der Waals surface area contributed by atoms with E-state index in [1.165, 1.54) is 10.9 Å². The molecule has 0 radical (unpaired) electrons. The maximum Gasteiger partial charge on any atom is 0.261 e. The summed E-state index contributed by atoms with van der Waals surface area (Å²) in [5.74, 6) is 0.636. The molecule has 2 heterocycles. The van der Waals surface area contributed by atoms with Crippen molar-refractivity contribution in [2.45, 2.75) is 19.5 Å². The van der Waals surface area contributed by atoms with Gasteiger partial charge in [-0.15, -0.1) is 0 Å². The van der Waals surface area contributed by atoms with Crippen LogP contribution in [0.2, 0.25) is 0 Å². The first-order chi connectivity index (χ1) is 13.5. The van der Waals surface area contributed by atoms with Crippen LogP contribution in [0.5, 0.6) is 0 Å². The van der Waals surface area contributed by atoms with Crippen LogP contribution in [-0.2, 0) is 24.9 Å². The third kappa shape index (κ3) is 3.55. The van der Waals surface area contributed by atoms with E-state index in [0.717, 1.165) is 21.3 Å². The number of aromatic nitrogens is 4. The molecule has 7 nitrogen and oxygen atoms in total. The van der Waals surface area contributed by atoms with E-state index in [4.69, 9.17) is 0 Å². The van der Waals surface area contributed by atoms with Crippen molar-refractivity contribution >= 4 is 43.8 Å². The van der Waals surface area contributed by atoms with Crippen LogP contribution < -0.4 is 10.9 Å². The monoisotopic (exact) mass is 439 g/mol. The Morgan fingerprint density at radius 2 is 2.00 bits per heavy atom. The Kier molecular flexibility index (Phi) is 4.95. The summed E-state index contributed by atoms with van der Waals surface area (Å²) >= 11 is 3.37. The van der Waals surface area contributed by atoms with Crippen LogP contribution in [0.25, 0.3) is 21.9 Å². The number of halogens is 1. The zero-order valence-corrected chi connectivity index (χ0v) is 16.8. The molecule has 8 heteroatoms. The van der Waals surface area contributed by atoms with Crippen molar-refractivity contribution in [2.24, 2.45) is 7.05 Å². The SMILES string of the molecule is Cn1c(CNC(=O)CCn2cnc3ccc(Br)cc3c2=O)nc2ccccc21. The lowest BCUT2D eigenvalue weighted by Crippen LogP contribution is -2.28. The fraction of sp³-hybridized carbons (Fsp3) is 0.200. The second-order valence-electron chi connectivity index (χ2n) is 6.51. The molecule has 28 heavy (non-hydrogen) atoms. The summed E-state index contributed by atoms with van der Waals surface area (Å²) in [6.45, 7) is 0.602. The molecule has 0 aliphatic heterocycles. The maximum atomic E-state index is 12.6. The quantitative estimate of drug-likeness (QED) is 0.518. The standard InChI is InChI=1S/C20H18BrN5O2/c1-25-17-5-3-2-4-16(17)24-18(25)11-22-19(27)8-9-26-12-23-15-7-6-13(21)10-14(15)20(26)28/h2-7,10,12H,8-9,11H2,1H3,(H,22,27). The summed E-state index contributed by atoms with van der Waals surface area (Å²) in [6, 6.07) is 13.2. The van der Waals surface area contributed by atoms with Crippen molar-refractivity contribution in [1.82, 2.24) is 24.4 Å². The molecule has 0 atom stereocenters. The molecule has 0 spiro atoms. The van der Waals surface area contributed by atoms with Crippen LogP contribution >= 0.6 is 15.9 Å². The van der Waals surface area contributed by atoms with Gasteiger partial charge in [-0.1, -0.05) is 28.1 Å². The van der Waals surface area contributed by atoms with Gasteiger partial charge in [0, 0.05) is 24.5 Å². The fourth-order valence-electron chi connectivity index (χ4n) is 3.13. The van der Waals surface area contributed by atoms with Crippen LogP contribution in [0.4, 0.5) is 0 Å². The maximum absolute atomic E-state index is 12.6. The first kappa shape index (κ1) is 18.4. The van der Waals surface area contributed by atoms with Gasteiger partial charge in [0.25, 0.3) is 5.56 Å². The van der Waals surface area contributed by atoms with Crippen LogP contribution in [0, 0.1) is 0 Å². The summed E-state index contributed by atoms with van der Waals surface area (Å²) in [5, 5.41) is 3.40. The molecule has 4 rings (SSSR count). The average molecular weight is 440 g/mol. The molecule has 4 aromatic rings. The Hall–Kier alpha value is -3.00. The van der Waals surface area contributed by atoms with Gasteiger partial charge in [-0.2, -0.15) is 0 Å². The van der Waals surface area contributed by atoms with E-state index in [1.54, 1.807) is 12.1 Å². The van der Waals surface area contributed by atoms with Crippen molar-refractivity contribution in [1.29, 1.82) is 0 Å². The molecular weight excluding hydrogens is 422 g/mol. The minimum atomic E-state index is -0.158. The first-order valence-corrected chi connectivity index (χ1v) is 9.64. The third-order valence-electron chi connectivity index (χ3n) is 4.69. The van der Waals surface area contributed by atoms with Gasteiger partial charge < -0.3 is 9.88 Å². The van der Waals surface area contributed by atoms with Crippen LogP contribution in [0.3, 0.4) is 0 Å². The first-order valence-electron chi connectivity index (χ1n) is 8.84. The minimum Gasteiger partial charge on any atom is -0.349 e. The Morgan fingerprint density at radius 3 is 2.82 bits per heavy atom. The molecule has 0 fully saturated rings. The van der Waals surface area contributed by atoms with Crippen molar-refractivity contribution in [3.63, 3.8) is 0 Å². The summed E-state index contributed by atoms with van der Waals surface area (Å²) in [4.78, 5) is 33.7. The molecule has 0 aliphatic carbocycles. The lowest BCUT2D eigenvalue weighted by molar-refractivity contribution is -0.121. The van der Waals surface area contributed by atoms with E-state index in [1.807, 2.05) is 41.9 Å². The number of nitrogens with one attached hydrogen (secondary N) is 1. The van der Waals surface area contributed by atoms with Gasteiger partial charge in [-0.3, -0.25) is 14.2 Å². The van der Waals surface area contributed by atoms with Gasteiger partial charge in [0.2, 0.25) is 5.91 Å². The highest BCUT2D eigenvalue weighted by atomic mass is 79.9. The summed E-state index contributed by atoms with van der Waals surface area (Å²) in [5.41, 5.74) is 2.39. The average Bonchev–Trinajstić information content (AvgIpc) is 3.02. The van der Waals surface area contributed by atoms with Gasteiger partial charge >= 0.3 is 0 Å². The molecule has 1 amide bonds. The number of imidazole rings is 1. The Morgan fingerprint density at radius 1 is 1.18 bits per heavy atom. The minimum absolute atomic E-state index is 0.145. The second kappa shape index (κ2) is 7.55. The number of para-hydroxylation sites is 2. The van der Waals surface area contributed by atoms with Crippen LogP contribution in [-0.4, -0.2) is 25.0 Å². The van der Waals surface area contributed by atoms with Gasteiger partial charge in [-0.05, 0) is 30.3 Å². The Bertz CT molecular complexity index is 1240. The lowest BCUT2D eigenvalue weighted by atomic mass is 10.2. The summed E-state index contributed by atoms with van der Waals surface area (Å²) in [6.07, 6.45) is 1.67.